The molecule has 1 aromatic rings. The standard InChI is InChI=1S/C11H18ClN3/c1-8-6-13-10(14-9(8)2)15(5)11(3,4)7-12/h6H,7H2,1-5H3. The smallest absolute Gasteiger partial charge is 0.225 e. The van der Waals surface area contributed by atoms with E-state index in [0.29, 0.717) is 5.88 Å². The summed E-state index contributed by atoms with van der Waals surface area (Å²) in [6.07, 6.45) is 1.85. The maximum absolute atomic E-state index is 5.91. The first kappa shape index (κ1) is 12.2. The van der Waals surface area contributed by atoms with E-state index in [1.54, 1.807) is 0 Å². The van der Waals surface area contributed by atoms with Crippen molar-refractivity contribution in [2.75, 3.05) is 17.8 Å². The van der Waals surface area contributed by atoms with Crippen molar-refractivity contribution in [3.05, 3.63) is 17.5 Å². The minimum absolute atomic E-state index is 0.136. The molecule has 0 saturated carbocycles. The van der Waals surface area contributed by atoms with Crippen molar-refractivity contribution in [2.24, 2.45) is 0 Å². The number of aryl methyl sites for hydroxylation is 2. The normalized spacial score (nSPS) is 11.6. The highest BCUT2D eigenvalue weighted by atomic mass is 35.5. The van der Waals surface area contributed by atoms with Gasteiger partial charge in [0.25, 0.3) is 0 Å². The number of hydrogen-bond donors (Lipinski definition) is 0. The highest BCUT2D eigenvalue weighted by molar-refractivity contribution is 6.18. The average molecular weight is 228 g/mol. The molecule has 0 spiro atoms. The van der Waals surface area contributed by atoms with Gasteiger partial charge in [0.2, 0.25) is 5.95 Å². The van der Waals surface area contributed by atoms with Gasteiger partial charge in [-0.2, -0.15) is 0 Å². The van der Waals surface area contributed by atoms with Gasteiger partial charge in [0.15, 0.2) is 0 Å². The van der Waals surface area contributed by atoms with Gasteiger partial charge in [-0.15, -0.1) is 11.6 Å². The zero-order valence-corrected chi connectivity index (χ0v) is 10.8. The zero-order valence-electron chi connectivity index (χ0n) is 10.0. The lowest BCUT2D eigenvalue weighted by Gasteiger charge is -2.33. The molecule has 0 bridgehead atoms. The van der Waals surface area contributed by atoms with E-state index in [2.05, 4.69) is 23.8 Å². The van der Waals surface area contributed by atoms with Crippen LogP contribution in [0.2, 0.25) is 0 Å². The number of rotatable bonds is 3. The van der Waals surface area contributed by atoms with E-state index >= 15 is 0 Å². The van der Waals surface area contributed by atoms with E-state index in [1.165, 1.54) is 0 Å². The molecule has 0 N–H and O–H groups in total. The predicted molar refractivity (Wildman–Crippen MR) is 64.7 cm³/mol. The summed E-state index contributed by atoms with van der Waals surface area (Å²) in [6.45, 7) is 8.13. The summed E-state index contributed by atoms with van der Waals surface area (Å²) in [7, 11) is 1.96. The van der Waals surface area contributed by atoms with E-state index in [4.69, 9.17) is 11.6 Å². The van der Waals surface area contributed by atoms with Crippen LogP contribution in [0.25, 0.3) is 0 Å². The van der Waals surface area contributed by atoms with Gasteiger partial charge in [-0.05, 0) is 33.3 Å². The quantitative estimate of drug-likeness (QED) is 0.744. The Hall–Kier alpha value is -0.830. The fourth-order valence-corrected chi connectivity index (χ4v) is 1.22. The molecule has 0 radical (unpaired) electrons. The Morgan fingerprint density at radius 3 is 2.47 bits per heavy atom. The third-order valence-electron chi connectivity index (χ3n) is 2.75. The van der Waals surface area contributed by atoms with E-state index in [1.807, 2.05) is 32.0 Å². The van der Waals surface area contributed by atoms with Crippen LogP contribution < -0.4 is 4.90 Å². The first-order valence-corrected chi connectivity index (χ1v) is 5.52. The van der Waals surface area contributed by atoms with Gasteiger partial charge in [0.1, 0.15) is 0 Å². The second kappa shape index (κ2) is 4.35. The van der Waals surface area contributed by atoms with Crippen molar-refractivity contribution in [1.82, 2.24) is 9.97 Å². The van der Waals surface area contributed by atoms with Crippen molar-refractivity contribution in [3.8, 4) is 0 Å². The summed E-state index contributed by atoms with van der Waals surface area (Å²) in [5, 5.41) is 0. The van der Waals surface area contributed by atoms with E-state index in [9.17, 15) is 0 Å². The van der Waals surface area contributed by atoms with Crippen LogP contribution in [0.4, 0.5) is 5.95 Å². The van der Waals surface area contributed by atoms with Crippen molar-refractivity contribution in [2.45, 2.75) is 33.2 Å². The van der Waals surface area contributed by atoms with Gasteiger partial charge in [-0.25, -0.2) is 9.97 Å². The zero-order chi connectivity index (χ0) is 11.6. The summed E-state index contributed by atoms with van der Waals surface area (Å²) in [4.78, 5) is 10.8. The van der Waals surface area contributed by atoms with Crippen LogP contribution in [0.1, 0.15) is 25.1 Å². The molecule has 0 fully saturated rings. The van der Waals surface area contributed by atoms with Crippen LogP contribution >= 0.6 is 11.6 Å². The summed E-state index contributed by atoms with van der Waals surface area (Å²) in [5.74, 6) is 1.27. The molecule has 1 heterocycles. The average Bonchev–Trinajstić information content (AvgIpc) is 2.21. The Kier molecular flexibility index (Phi) is 3.55. The lowest BCUT2D eigenvalue weighted by molar-refractivity contribution is 0.533. The summed E-state index contributed by atoms with van der Waals surface area (Å²) in [6, 6.07) is 0. The molecule has 0 aliphatic rings. The van der Waals surface area contributed by atoms with Crippen molar-refractivity contribution in [1.29, 1.82) is 0 Å². The Morgan fingerprint density at radius 1 is 1.40 bits per heavy atom. The molecule has 15 heavy (non-hydrogen) atoms. The van der Waals surface area contributed by atoms with Gasteiger partial charge in [0, 0.05) is 24.8 Å². The predicted octanol–water partition coefficient (Wildman–Crippen LogP) is 2.55. The van der Waals surface area contributed by atoms with Crippen LogP contribution in [-0.2, 0) is 0 Å². The molecule has 0 aromatic carbocycles. The monoisotopic (exact) mass is 227 g/mol. The van der Waals surface area contributed by atoms with Gasteiger partial charge in [0.05, 0.1) is 5.54 Å². The number of aromatic nitrogens is 2. The Balaban J connectivity index is 3.02. The second-order valence-corrected chi connectivity index (χ2v) is 4.71. The van der Waals surface area contributed by atoms with Crippen LogP contribution in [0, 0.1) is 13.8 Å². The third kappa shape index (κ3) is 2.59. The van der Waals surface area contributed by atoms with Crippen molar-refractivity contribution >= 4 is 17.5 Å². The molecule has 1 aromatic heterocycles. The topological polar surface area (TPSA) is 29.0 Å². The number of alkyl halides is 1. The Morgan fingerprint density at radius 2 is 2.00 bits per heavy atom. The molecule has 84 valence electrons. The molecule has 1 rings (SSSR count). The van der Waals surface area contributed by atoms with Crippen LogP contribution in [0.3, 0.4) is 0 Å². The molecule has 0 aliphatic heterocycles. The van der Waals surface area contributed by atoms with E-state index in [-0.39, 0.29) is 5.54 Å². The number of halogens is 1. The molecular formula is C11H18ClN3. The highest BCUT2D eigenvalue weighted by Gasteiger charge is 2.24. The van der Waals surface area contributed by atoms with Crippen LogP contribution in [0.15, 0.2) is 6.20 Å². The number of anilines is 1. The van der Waals surface area contributed by atoms with Crippen LogP contribution in [0.5, 0.6) is 0 Å². The largest absolute Gasteiger partial charge is 0.338 e. The highest BCUT2D eigenvalue weighted by Crippen LogP contribution is 2.20. The van der Waals surface area contributed by atoms with E-state index in [0.717, 1.165) is 17.2 Å². The minimum Gasteiger partial charge on any atom is -0.338 e. The summed E-state index contributed by atoms with van der Waals surface area (Å²) >= 11 is 5.91. The molecule has 0 aliphatic carbocycles. The van der Waals surface area contributed by atoms with Gasteiger partial charge in [-0.1, -0.05) is 0 Å². The summed E-state index contributed by atoms with van der Waals surface area (Å²) < 4.78 is 0. The number of hydrogen-bond acceptors (Lipinski definition) is 3. The first-order chi connectivity index (χ1) is 6.88. The van der Waals surface area contributed by atoms with Crippen LogP contribution in [-0.4, -0.2) is 28.4 Å². The molecule has 0 unspecified atom stereocenters. The van der Waals surface area contributed by atoms with Gasteiger partial charge in [-0.3, -0.25) is 0 Å². The van der Waals surface area contributed by atoms with Crippen molar-refractivity contribution in [3.63, 3.8) is 0 Å². The second-order valence-electron chi connectivity index (χ2n) is 4.44. The third-order valence-corrected chi connectivity index (χ3v) is 3.40. The van der Waals surface area contributed by atoms with Gasteiger partial charge >= 0.3 is 0 Å². The first-order valence-electron chi connectivity index (χ1n) is 4.98. The lowest BCUT2D eigenvalue weighted by Crippen LogP contribution is -2.43. The fraction of sp³-hybridized carbons (Fsp3) is 0.636. The van der Waals surface area contributed by atoms with E-state index < -0.39 is 0 Å². The minimum atomic E-state index is -0.136. The number of nitrogens with zero attached hydrogens (tertiary/aromatic N) is 3. The molecular weight excluding hydrogens is 210 g/mol. The van der Waals surface area contributed by atoms with Crippen molar-refractivity contribution < 1.29 is 0 Å². The maximum atomic E-state index is 5.91. The Bertz CT molecular complexity index is 350. The molecule has 0 atom stereocenters. The Labute approximate surface area is 96.5 Å². The van der Waals surface area contributed by atoms with Gasteiger partial charge < -0.3 is 4.90 Å². The lowest BCUT2D eigenvalue weighted by atomic mass is 10.1. The molecule has 0 saturated heterocycles. The SMILES string of the molecule is Cc1cnc(N(C)C(C)(C)CCl)nc1C. The maximum Gasteiger partial charge on any atom is 0.225 e. The fourth-order valence-electron chi connectivity index (χ4n) is 1.04. The molecule has 0 amide bonds. The summed E-state index contributed by atoms with van der Waals surface area (Å²) in [5.41, 5.74) is 1.98. The molecule has 3 nitrogen and oxygen atoms in total. The molecule has 4 heteroatoms.